The van der Waals surface area contributed by atoms with E-state index in [2.05, 4.69) is 85.1 Å². The van der Waals surface area contributed by atoms with Crippen LogP contribution in [-0.4, -0.2) is 13.2 Å². The maximum absolute atomic E-state index is 5.82. The third kappa shape index (κ3) is 3.74. The number of ether oxygens (including phenoxy) is 1. The zero-order chi connectivity index (χ0) is 19.0. The number of pyridine rings is 1. The average Bonchev–Trinajstić information content (AvgIpc) is 3.00. The van der Waals surface area contributed by atoms with Gasteiger partial charge in [-0.15, -0.1) is 0 Å². The predicted octanol–water partition coefficient (Wildman–Crippen LogP) is 2.31. The number of fused-ring (bicyclic) bond motifs is 2. The minimum Gasteiger partial charge on any atom is -1.00 e. The molecule has 28 heavy (non-hydrogen) atoms. The Labute approximate surface area is 188 Å². The van der Waals surface area contributed by atoms with E-state index in [1.54, 1.807) is 0 Å². The van der Waals surface area contributed by atoms with Crippen LogP contribution in [0.25, 0.3) is 17.0 Å². The first-order chi connectivity index (χ1) is 13.1. The predicted molar refractivity (Wildman–Crippen MR) is 114 cm³/mol. The minimum absolute atomic E-state index is 0. The lowest BCUT2D eigenvalue weighted by atomic mass is 10.1. The molecule has 0 spiro atoms. The molecular formula is C23H25IN2OS. The molecule has 0 N–H and O–H groups in total. The third-order valence-electron chi connectivity index (χ3n) is 5.00. The number of nitrogens with zero attached hydrogens (tertiary/aromatic N) is 2. The Balaban J connectivity index is 0.00000225. The highest BCUT2D eigenvalue weighted by molar-refractivity contribution is 8.03. The number of thioether (sulfide) groups is 1. The highest BCUT2D eigenvalue weighted by atomic mass is 127. The van der Waals surface area contributed by atoms with Gasteiger partial charge < -0.3 is 33.6 Å². The summed E-state index contributed by atoms with van der Waals surface area (Å²) in [5.41, 5.74) is 4.93. The molecule has 0 radical (unpaired) electrons. The molecule has 2 aromatic carbocycles. The van der Waals surface area contributed by atoms with Crippen LogP contribution in [0, 0.1) is 6.92 Å². The summed E-state index contributed by atoms with van der Waals surface area (Å²) in [6.45, 7) is 7.97. The summed E-state index contributed by atoms with van der Waals surface area (Å²) in [5.74, 6) is 0.980. The van der Waals surface area contributed by atoms with E-state index in [1.165, 1.54) is 37.6 Å². The Bertz CT molecular complexity index is 1050. The zero-order valence-corrected chi connectivity index (χ0v) is 19.7. The van der Waals surface area contributed by atoms with Gasteiger partial charge in [-0.1, -0.05) is 23.9 Å². The molecule has 1 aliphatic rings. The molecule has 1 aromatic heterocycles. The normalized spacial score (nSPS) is 14.3. The molecule has 3 aromatic rings. The van der Waals surface area contributed by atoms with E-state index in [-0.39, 0.29) is 24.0 Å². The molecule has 0 atom stereocenters. The average molecular weight is 504 g/mol. The number of para-hydroxylation sites is 1. The van der Waals surface area contributed by atoms with E-state index in [9.17, 15) is 0 Å². The maximum atomic E-state index is 5.82. The Morgan fingerprint density at radius 2 is 1.93 bits per heavy atom. The van der Waals surface area contributed by atoms with Crippen LogP contribution in [-0.2, 0) is 7.05 Å². The molecule has 4 rings (SSSR count). The van der Waals surface area contributed by atoms with Crippen molar-refractivity contribution in [2.45, 2.75) is 25.7 Å². The van der Waals surface area contributed by atoms with Crippen molar-refractivity contribution in [3.05, 3.63) is 64.8 Å². The van der Waals surface area contributed by atoms with E-state index < -0.39 is 0 Å². The number of hydrogen-bond donors (Lipinski definition) is 0. The van der Waals surface area contributed by atoms with Crippen LogP contribution in [0.2, 0.25) is 0 Å². The van der Waals surface area contributed by atoms with Gasteiger partial charge in [-0.05, 0) is 50.1 Å². The van der Waals surface area contributed by atoms with Gasteiger partial charge in [0.15, 0.2) is 6.20 Å². The first-order valence-corrected chi connectivity index (χ1v) is 10.3. The number of rotatable bonds is 4. The van der Waals surface area contributed by atoms with E-state index >= 15 is 0 Å². The van der Waals surface area contributed by atoms with Crippen LogP contribution in [0.15, 0.2) is 58.6 Å². The van der Waals surface area contributed by atoms with Crippen molar-refractivity contribution < 1.29 is 33.3 Å². The quantitative estimate of drug-likeness (QED) is 0.401. The highest BCUT2D eigenvalue weighted by Crippen LogP contribution is 2.49. The fourth-order valence-electron chi connectivity index (χ4n) is 3.62. The van der Waals surface area contributed by atoms with Gasteiger partial charge in [0.1, 0.15) is 12.8 Å². The van der Waals surface area contributed by atoms with Crippen molar-refractivity contribution in [1.29, 1.82) is 0 Å². The summed E-state index contributed by atoms with van der Waals surface area (Å²) in [4.78, 5) is 3.68. The number of aryl methyl sites for hydroxylation is 2. The Hall–Kier alpha value is -1.73. The zero-order valence-electron chi connectivity index (χ0n) is 16.7. The van der Waals surface area contributed by atoms with Gasteiger partial charge in [0.25, 0.3) is 0 Å². The van der Waals surface area contributed by atoms with Crippen LogP contribution in [0.3, 0.4) is 0 Å². The van der Waals surface area contributed by atoms with Gasteiger partial charge in [0.2, 0.25) is 5.52 Å². The molecule has 0 unspecified atom stereocenters. The molecule has 1 aliphatic heterocycles. The topological polar surface area (TPSA) is 16.4 Å². The standard InChI is InChI=1S/C23H25N2OS.HI/c1-5-25-20-15-21(26-6-2)16(3)13-22(20)27-23(25)14-17-11-12-24(4)19-10-8-7-9-18(17)19;/h7-15H,5-6H2,1-4H3;1H/q+1;/p-1. The molecule has 146 valence electrons. The van der Waals surface area contributed by atoms with Gasteiger partial charge in [0.05, 0.1) is 22.7 Å². The van der Waals surface area contributed by atoms with Gasteiger partial charge in [-0.25, -0.2) is 4.57 Å². The number of benzene rings is 2. The van der Waals surface area contributed by atoms with Crippen LogP contribution in [0.5, 0.6) is 5.75 Å². The summed E-state index contributed by atoms with van der Waals surface area (Å²) in [5, 5.41) is 2.54. The van der Waals surface area contributed by atoms with Crippen molar-refractivity contribution in [1.82, 2.24) is 0 Å². The summed E-state index contributed by atoms with van der Waals surface area (Å²) < 4.78 is 7.99. The summed E-state index contributed by atoms with van der Waals surface area (Å²) >= 11 is 1.84. The van der Waals surface area contributed by atoms with E-state index in [1.807, 2.05) is 18.7 Å². The molecule has 0 saturated carbocycles. The van der Waals surface area contributed by atoms with Crippen LogP contribution >= 0.6 is 11.8 Å². The van der Waals surface area contributed by atoms with Crippen molar-refractivity contribution in [2.75, 3.05) is 18.1 Å². The number of aromatic nitrogens is 1. The maximum Gasteiger partial charge on any atom is 0.212 e. The van der Waals surface area contributed by atoms with Crippen LogP contribution in [0.4, 0.5) is 5.69 Å². The van der Waals surface area contributed by atoms with E-state index in [0.717, 1.165) is 12.3 Å². The second-order valence-corrected chi connectivity index (χ2v) is 7.81. The van der Waals surface area contributed by atoms with Gasteiger partial charge in [-0.2, -0.15) is 0 Å². The number of halogens is 1. The highest BCUT2D eigenvalue weighted by Gasteiger charge is 2.26. The Kier molecular flexibility index (Phi) is 6.55. The molecular weight excluding hydrogens is 479 g/mol. The van der Waals surface area contributed by atoms with E-state index in [4.69, 9.17) is 4.74 Å². The van der Waals surface area contributed by atoms with E-state index in [0.29, 0.717) is 6.61 Å². The molecule has 5 heteroatoms. The van der Waals surface area contributed by atoms with Crippen LogP contribution < -0.4 is 38.2 Å². The van der Waals surface area contributed by atoms with Gasteiger partial charge in [0, 0.05) is 29.6 Å². The molecule has 0 aliphatic carbocycles. The number of hydrogen-bond acceptors (Lipinski definition) is 3. The number of anilines is 1. The molecule has 0 fully saturated rings. The molecule has 0 amide bonds. The van der Waals surface area contributed by atoms with Crippen molar-refractivity contribution in [2.24, 2.45) is 7.05 Å². The summed E-state index contributed by atoms with van der Waals surface area (Å²) in [6.07, 6.45) is 4.45. The Morgan fingerprint density at radius 3 is 2.68 bits per heavy atom. The lowest BCUT2D eigenvalue weighted by Crippen LogP contribution is -3.00. The van der Waals surface area contributed by atoms with Crippen molar-refractivity contribution in [3.63, 3.8) is 0 Å². The second-order valence-electron chi connectivity index (χ2n) is 6.75. The minimum atomic E-state index is 0. The lowest BCUT2D eigenvalue weighted by molar-refractivity contribution is -0.644. The first kappa shape index (κ1) is 21.0. The molecule has 0 saturated heterocycles. The summed E-state index contributed by atoms with van der Waals surface area (Å²) in [7, 11) is 2.09. The smallest absolute Gasteiger partial charge is 0.212 e. The second kappa shape index (κ2) is 8.74. The monoisotopic (exact) mass is 504 g/mol. The largest absolute Gasteiger partial charge is 1.00 e. The lowest BCUT2D eigenvalue weighted by Gasteiger charge is -2.19. The third-order valence-corrected chi connectivity index (χ3v) is 6.09. The fourth-order valence-corrected chi connectivity index (χ4v) is 4.88. The fraction of sp³-hybridized carbons (Fsp3) is 0.261. The molecule has 3 nitrogen and oxygen atoms in total. The molecule has 0 bridgehead atoms. The molecule has 2 heterocycles. The first-order valence-electron chi connectivity index (χ1n) is 9.44. The Morgan fingerprint density at radius 1 is 1.14 bits per heavy atom. The van der Waals surface area contributed by atoms with Crippen molar-refractivity contribution >= 4 is 34.4 Å². The van der Waals surface area contributed by atoms with Gasteiger partial charge in [-0.3, -0.25) is 0 Å². The van der Waals surface area contributed by atoms with Crippen LogP contribution in [0.1, 0.15) is 25.0 Å². The van der Waals surface area contributed by atoms with Crippen molar-refractivity contribution in [3.8, 4) is 5.75 Å². The van der Waals surface area contributed by atoms with Gasteiger partial charge >= 0.3 is 0 Å². The summed E-state index contributed by atoms with van der Waals surface area (Å²) in [6, 6.07) is 15.2. The SMILES string of the molecule is CCOc1cc2c(cc1C)S/C(=C\c1cc[n+](C)c3ccccc13)N2CC.[I-].